The van der Waals surface area contributed by atoms with E-state index >= 15 is 0 Å². The SMILES string of the molecule is Cc1ccc(C2(C)OC(N)=NC2=O)cc1C. The molecule has 1 aliphatic rings. The number of carbonyl (C=O) groups is 1. The van der Waals surface area contributed by atoms with E-state index in [2.05, 4.69) is 4.99 Å². The van der Waals surface area contributed by atoms with Crippen LogP contribution < -0.4 is 5.73 Å². The van der Waals surface area contributed by atoms with Gasteiger partial charge in [-0.1, -0.05) is 18.2 Å². The van der Waals surface area contributed by atoms with Crippen LogP contribution in [0.2, 0.25) is 0 Å². The Morgan fingerprint density at radius 3 is 2.50 bits per heavy atom. The Morgan fingerprint density at radius 1 is 1.31 bits per heavy atom. The van der Waals surface area contributed by atoms with E-state index in [1.807, 2.05) is 32.0 Å². The Balaban J connectivity index is 2.45. The number of ether oxygens (including phenoxy) is 1. The molecule has 1 unspecified atom stereocenters. The summed E-state index contributed by atoms with van der Waals surface area (Å²) in [6.07, 6.45) is 0. The van der Waals surface area contributed by atoms with Crippen LogP contribution in [-0.4, -0.2) is 11.9 Å². The van der Waals surface area contributed by atoms with Gasteiger partial charge in [-0.05, 0) is 31.9 Å². The van der Waals surface area contributed by atoms with Gasteiger partial charge in [-0.25, -0.2) is 0 Å². The second-order valence-electron chi connectivity index (χ2n) is 4.19. The zero-order valence-electron chi connectivity index (χ0n) is 9.57. The Bertz CT molecular complexity index is 494. The highest BCUT2D eigenvalue weighted by Gasteiger charge is 2.43. The van der Waals surface area contributed by atoms with Crippen LogP contribution in [0.3, 0.4) is 0 Å². The number of benzene rings is 1. The Morgan fingerprint density at radius 2 is 2.00 bits per heavy atom. The number of hydrogen-bond acceptors (Lipinski definition) is 3. The molecule has 0 aromatic heterocycles. The molecule has 1 atom stereocenters. The van der Waals surface area contributed by atoms with E-state index < -0.39 is 5.60 Å². The predicted octanol–water partition coefficient (Wildman–Crippen LogP) is 1.39. The molecule has 16 heavy (non-hydrogen) atoms. The van der Waals surface area contributed by atoms with Crippen molar-refractivity contribution < 1.29 is 9.53 Å². The molecule has 0 radical (unpaired) electrons. The van der Waals surface area contributed by atoms with Gasteiger partial charge in [0.1, 0.15) is 0 Å². The van der Waals surface area contributed by atoms with Crippen molar-refractivity contribution in [2.75, 3.05) is 0 Å². The summed E-state index contributed by atoms with van der Waals surface area (Å²) in [4.78, 5) is 15.3. The molecular weight excluding hydrogens is 204 g/mol. The Hall–Kier alpha value is -1.84. The number of nitrogens with zero attached hydrogens (tertiary/aromatic N) is 1. The molecule has 0 spiro atoms. The number of rotatable bonds is 1. The molecule has 0 aliphatic carbocycles. The summed E-state index contributed by atoms with van der Waals surface area (Å²) >= 11 is 0. The minimum Gasteiger partial charge on any atom is -0.444 e. The normalized spacial score (nSPS) is 24.2. The molecule has 1 aromatic rings. The first-order chi connectivity index (χ1) is 7.43. The molecular formula is C12H14N2O2. The lowest BCUT2D eigenvalue weighted by Crippen LogP contribution is -2.32. The second kappa shape index (κ2) is 3.33. The molecule has 4 heteroatoms. The van der Waals surface area contributed by atoms with Crippen LogP contribution in [0.15, 0.2) is 23.2 Å². The van der Waals surface area contributed by atoms with Crippen LogP contribution in [0.1, 0.15) is 23.6 Å². The van der Waals surface area contributed by atoms with Crippen molar-refractivity contribution in [2.24, 2.45) is 10.7 Å². The summed E-state index contributed by atoms with van der Waals surface area (Å²) in [5.41, 5.74) is 7.41. The highest BCUT2D eigenvalue weighted by molar-refractivity contribution is 6.01. The molecule has 0 saturated heterocycles. The van der Waals surface area contributed by atoms with E-state index in [1.54, 1.807) is 6.92 Å². The van der Waals surface area contributed by atoms with Gasteiger partial charge in [0.15, 0.2) is 0 Å². The smallest absolute Gasteiger partial charge is 0.298 e. The fourth-order valence-corrected chi connectivity index (χ4v) is 1.70. The fourth-order valence-electron chi connectivity index (χ4n) is 1.70. The second-order valence-corrected chi connectivity index (χ2v) is 4.19. The van der Waals surface area contributed by atoms with Gasteiger partial charge in [0.25, 0.3) is 11.9 Å². The van der Waals surface area contributed by atoms with Crippen molar-refractivity contribution in [3.63, 3.8) is 0 Å². The van der Waals surface area contributed by atoms with Crippen molar-refractivity contribution in [3.8, 4) is 0 Å². The summed E-state index contributed by atoms with van der Waals surface area (Å²) < 4.78 is 5.32. The lowest BCUT2D eigenvalue weighted by Gasteiger charge is -2.22. The van der Waals surface area contributed by atoms with E-state index in [0.717, 1.165) is 11.1 Å². The van der Waals surface area contributed by atoms with E-state index in [1.165, 1.54) is 5.56 Å². The molecule has 1 amide bonds. The summed E-state index contributed by atoms with van der Waals surface area (Å²) in [5, 5.41) is 0. The van der Waals surface area contributed by atoms with Gasteiger partial charge in [0.2, 0.25) is 5.60 Å². The van der Waals surface area contributed by atoms with E-state index in [4.69, 9.17) is 10.5 Å². The zero-order valence-corrected chi connectivity index (χ0v) is 9.57. The molecule has 2 N–H and O–H groups in total. The third-order valence-electron chi connectivity index (χ3n) is 2.99. The van der Waals surface area contributed by atoms with Gasteiger partial charge in [-0.15, -0.1) is 0 Å². The number of amides is 1. The standard InChI is InChI=1S/C12H14N2O2/c1-7-4-5-9(6-8(7)2)12(3)10(15)14-11(13)16-12/h4-6H,1-3H3,(H2,13,14,15). The number of aliphatic imine (C=N–C) groups is 1. The minimum atomic E-state index is -1.07. The average molecular weight is 218 g/mol. The van der Waals surface area contributed by atoms with E-state index in [9.17, 15) is 4.79 Å². The van der Waals surface area contributed by atoms with Crippen molar-refractivity contribution in [1.29, 1.82) is 0 Å². The zero-order chi connectivity index (χ0) is 11.9. The van der Waals surface area contributed by atoms with Crippen molar-refractivity contribution in [1.82, 2.24) is 0 Å². The lowest BCUT2D eigenvalue weighted by atomic mass is 9.92. The topological polar surface area (TPSA) is 64.7 Å². The molecule has 0 fully saturated rings. The van der Waals surface area contributed by atoms with Crippen molar-refractivity contribution in [2.45, 2.75) is 26.4 Å². The van der Waals surface area contributed by atoms with Crippen molar-refractivity contribution in [3.05, 3.63) is 34.9 Å². The maximum atomic E-state index is 11.7. The highest BCUT2D eigenvalue weighted by atomic mass is 16.5. The molecule has 1 aliphatic heterocycles. The van der Waals surface area contributed by atoms with Crippen molar-refractivity contribution >= 4 is 11.9 Å². The van der Waals surface area contributed by atoms with Crippen LogP contribution in [0.4, 0.5) is 0 Å². The highest BCUT2D eigenvalue weighted by Crippen LogP contribution is 2.31. The summed E-state index contributed by atoms with van der Waals surface area (Å²) in [6.45, 7) is 5.69. The third-order valence-corrected chi connectivity index (χ3v) is 2.99. The number of hydrogen-bond donors (Lipinski definition) is 1. The van der Waals surface area contributed by atoms with Crippen LogP contribution in [0, 0.1) is 13.8 Å². The third kappa shape index (κ3) is 1.46. The molecule has 1 heterocycles. The molecule has 1 aromatic carbocycles. The van der Waals surface area contributed by atoms with Crippen LogP contribution in [0.25, 0.3) is 0 Å². The molecule has 2 rings (SSSR count). The molecule has 4 nitrogen and oxygen atoms in total. The first-order valence-corrected chi connectivity index (χ1v) is 5.09. The minimum absolute atomic E-state index is 0.0641. The van der Waals surface area contributed by atoms with Gasteiger partial charge in [-0.2, -0.15) is 4.99 Å². The number of amidine groups is 1. The Labute approximate surface area is 94.1 Å². The van der Waals surface area contributed by atoms with Gasteiger partial charge in [-0.3, -0.25) is 4.79 Å². The molecule has 0 bridgehead atoms. The van der Waals surface area contributed by atoms with Gasteiger partial charge < -0.3 is 10.5 Å². The summed E-state index contributed by atoms with van der Waals surface area (Å²) in [6, 6.07) is 5.70. The number of aryl methyl sites for hydroxylation is 2. The van der Waals surface area contributed by atoms with Gasteiger partial charge >= 0.3 is 0 Å². The van der Waals surface area contributed by atoms with Gasteiger partial charge in [0, 0.05) is 5.56 Å². The lowest BCUT2D eigenvalue weighted by molar-refractivity contribution is -0.130. The maximum Gasteiger partial charge on any atom is 0.298 e. The Kier molecular flexibility index (Phi) is 2.22. The monoisotopic (exact) mass is 218 g/mol. The van der Waals surface area contributed by atoms with Crippen LogP contribution in [0.5, 0.6) is 0 Å². The van der Waals surface area contributed by atoms with E-state index in [-0.39, 0.29) is 11.9 Å². The summed E-state index contributed by atoms with van der Waals surface area (Å²) in [5.74, 6) is -0.353. The molecule has 84 valence electrons. The number of nitrogens with two attached hydrogens (primary N) is 1. The maximum absolute atomic E-state index is 11.7. The first kappa shape index (κ1) is 10.7. The quantitative estimate of drug-likeness (QED) is 0.774. The first-order valence-electron chi connectivity index (χ1n) is 5.09. The fraction of sp³-hybridized carbons (Fsp3) is 0.333. The average Bonchev–Trinajstić information content (AvgIpc) is 2.46. The van der Waals surface area contributed by atoms with E-state index in [0.29, 0.717) is 0 Å². The number of carbonyl (C=O) groups excluding carboxylic acids is 1. The van der Waals surface area contributed by atoms with Crippen LogP contribution >= 0.6 is 0 Å². The largest absolute Gasteiger partial charge is 0.444 e. The van der Waals surface area contributed by atoms with Crippen LogP contribution in [-0.2, 0) is 15.1 Å². The van der Waals surface area contributed by atoms with Gasteiger partial charge in [0.05, 0.1) is 0 Å². The summed E-state index contributed by atoms with van der Waals surface area (Å²) in [7, 11) is 0. The predicted molar refractivity (Wildman–Crippen MR) is 61.0 cm³/mol. The molecule has 0 saturated carbocycles.